The van der Waals surface area contributed by atoms with Crippen LogP contribution in [0.3, 0.4) is 0 Å². The van der Waals surface area contributed by atoms with Crippen molar-refractivity contribution in [2.45, 2.75) is 12.5 Å². The molecule has 2 aromatic rings. The second-order valence-electron chi connectivity index (χ2n) is 4.40. The number of thiophene rings is 1. The first kappa shape index (κ1) is 15.3. The van der Waals surface area contributed by atoms with Gasteiger partial charge in [-0.2, -0.15) is 0 Å². The van der Waals surface area contributed by atoms with Crippen molar-refractivity contribution in [1.82, 2.24) is 5.32 Å². The standard InChI is InChI=1S/C14H16ClNO3S/c1-19-8-9(17)6-7-16-14(18)13-12(15)10-4-2-3-5-11(10)20-13/h2-5,9,17H,6-8H2,1H3,(H,16,18). The van der Waals surface area contributed by atoms with E-state index in [1.54, 1.807) is 0 Å². The van der Waals surface area contributed by atoms with E-state index in [0.717, 1.165) is 10.1 Å². The Labute approximate surface area is 126 Å². The Morgan fingerprint density at radius 3 is 2.95 bits per heavy atom. The summed E-state index contributed by atoms with van der Waals surface area (Å²) in [6, 6.07) is 7.64. The predicted octanol–water partition coefficient (Wildman–Crippen LogP) is 2.68. The van der Waals surface area contributed by atoms with Gasteiger partial charge in [-0.25, -0.2) is 0 Å². The summed E-state index contributed by atoms with van der Waals surface area (Å²) in [6.07, 6.45) is -0.125. The Balaban J connectivity index is 1.99. The lowest BCUT2D eigenvalue weighted by Crippen LogP contribution is -2.28. The van der Waals surface area contributed by atoms with Crippen LogP contribution < -0.4 is 5.32 Å². The molecule has 0 saturated heterocycles. The van der Waals surface area contributed by atoms with Crippen LogP contribution in [0.2, 0.25) is 5.02 Å². The summed E-state index contributed by atoms with van der Waals surface area (Å²) in [4.78, 5) is 12.6. The zero-order chi connectivity index (χ0) is 14.5. The zero-order valence-corrected chi connectivity index (χ0v) is 12.6. The van der Waals surface area contributed by atoms with Crippen LogP contribution in [0.25, 0.3) is 10.1 Å². The lowest BCUT2D eigenvalue weighted by molar-refractivity contribution is 0.0588. The van der Waals surface area contributed by atoms with E-state index in [0.29, 0.717) is 22.9 Å². The topological polar surface area (TPSA) is 58.6 Å². The number of aliphatic hydroxyl groups excluding tert-OH is 1. The molecule has 0 radical (unpaired) electrons. The number of rotatable bonds is 6. The van der Waals surface area contributed by atoms with Gasteiger partial charge in [0.15, 0.2) is 0 Å². The molecule has 4 nitrogen and oxygen atoms in total. The molecule has 0 aliphatic rings. The van der Waals surface area contributed by atoms with Gasteiger partial charge in [-0.1, -0.05) is 29.8 Å². The van der Waals surface area contributed by atoms with Gasteiger partial charge in [0.1, 0.15) is 4.88 Å². The summed E-state index contributed by atoms with van der Waals surface area (Å²) >= 11 is 7.59. The van der Waals surface area contributed by atoms with Gasteiger partial charge < -0.3 is 15.2 Å². The van der Waals surface area contributed by atoms with E-state index in [4.69, 9.17) is 16.3 Å². The molecule has 1 atom stereocenters. The summed E-state index contributed by atoms with van der Waals surface area (Å²) in [5.41, 5.74) is 0. The molecule has 1 unspecified atom stereocenters. The average Bonchev–Trinajstić information content (AvgIpc) is 2.77. The van der Waals surface area contributed by atoms with E-state index < -0.39 is 6.10 Å². The molecule has 108 valence electrons. The van der Waals surface area contributed by atoms with Crippen LogP contribution in [0.5, 0.6) is 0 Å². The summed E-state index contributed by atoms with van der Waals surface area (Å²) in [5, 5.41) is 13.6. The van der Waals surface area contributed by atoms with Crippen LogP contribution in [0.1, 0.15) is 16.1 Å². The molecule has 1 amide bonds. The van der Waals surface area contributed by atoms with Gasteiger partial charge >= 0.3 is 0 Å². The maximum absolute atomic E-state index is 12.1. The Morgan fingerprint density at radius 1 is 1.50 bits per heavy atom. The van der Waals surface area contributed by atoms with E-state index in [-0.39, 0.29) is 12.5 Å². The molecule has 2 rings (SSSR count). The third kappa shape index (κ3) is 3.49. The van der Waals surface area contributed by atoms with Gasteiger partial charge in [-0.05, 0) is 12.5 Å². The SMILES string of the molecule is COCC(O)CCNC(=O)c1sc2ccccc2c1Cl. The molecule has 0 aliphatic heterocycles. The summed E-state index contributed by atoms with van der Waals surface area (Å²) in [5.74, 6) is -0.208. The molecule has 0 fully saturated rings. The van der Waals surface area contributed by atoms with E-state index >= 15 is 0 Å². The molecule has 1 aromatic carbocycles. The predicted molar refractivity (Wildman–Crippen MR) is 81.7 cm³/mol. The summed E-state index contributed by atoms with van der Waals surface area (Å²) in [6.45, 7) is 0.646. The highest BCUT2D eigenvalue weighted by atomic mass is 35.5. The Bertz CT molecular complexity index is 599. The van der Waals surface area contributed by atoms with Crippen LogP contribution >= 0.6 is 22.9 Å². The van der Waals surface area contributed by atoms with Crippen molar-refractivity contribution >= 4 is 38.9 Å². The van der Waals surface area contributed by atoms with Gasteiger partial charge in [0.25, 0.3) is 5.91 Å². The smallest absolute Gasteiger partial charge is 0.262 e. The molecule has 2 N–H and O–H groups in total. The van der Waals surface area contributed by atoms with Crippen LogP contribution in [0.4, 0.5) is 0 Å². The number of halogens is 1. The fourth-order valence-electron chi connectivity index (χ4n) is 1.87. The van der Waals surface area contributed by atoms with Gasteiger partial charge in [0.05, 0.1) is 17.7 Å². The molecule has 0 aliphatic carbocycles. The Kier molecular flexibility index (Phi) is 5.37. The van der Waals surface area contributed by atoms with Crippen LogP contribution in [0.15, 0.2) is 24.3 Å². The van der Waals surface area contributed by atoms with Crippen molar-refractivity contribution in [1.29, 1.82) is 0 Å². The van der Waals surface area contributed by atoms with Crippen molar-refractivity contribution in [3.63, 3.8) is 0 Å². The minimum Gasteiger partial charge on any atom is -0.391 e. The van der Waals surface area contributed by atoms with Crippen LogP contribution in [-0.2, 0) is 4.74 Å². The lowest BCUT2D eigenvalue weighted by Gasteiger charge is -2.09. The van der Waals surface area contributed by atoms with E-state index in [9.17, 15) is 9.90 Å². The number of aliphatic hydroxyl groups is 1. The largest absolute Gasteiger partial charge is 0.391 e. The minimum absolute atomic E-state index is 0.208. The third-order valence-corrected chi connectivity index (χ3v) is 4.54. The molecule has 0 bridgehead atoms. The van der Waals surface area contributed by atoms with Gasteiger partial charge in [-0.3, -0.25) is 4.79 Å². The normalized spacial score (nSPS) is 12.6. The molecule has 0 spiro atoms. The Hall–Kier alpha value is -1.14. The number of carbonyl (C=O) groups excluding carboxylic acids is 1. The highest BCUT2D eigenvalue weighted by Gasteiger charge is 2.16. The summed E-state index contributed by atoms with van der Waals surface area (Å²) in [7, 11) is 1.53. The van der Waals surface area contributed by atoms with Gasteiger partial charge in [-0.15, -0.1) is 11.3 Å². The molecule has 20 heavy (non-hydrogen) atoms. The quantitative estimate of drug-likeness (QED) is 0.862. The van der Waals surface area contributed by atoms with Crippen LogP contribution in [0, 0.1) is 0 Å². The van der Waals surface area contributed by atoms with Crippen molar-refractivity contribution in [3.8, 4) is 0 Å². The number of benzene rings is 1. The number of hydrogen-bond donors (Lipinski definition) is 2. The average molecular weight is 314 g/mol. The van der Waals surface area contributed by atoms with Gasteiger partial charge in [0, 0.05) is 23.7 Å². The number of ether oxygens (including phenoxy) is 1. The number of carbonyl (C=O) groups is 1. The first-order valence-electron chi connectivity index (χ1n) is 6.25. The van der Waals surface area contributed by atoms with Crippen molar-refractivity contribution in [3.05, 3.63) is 34.2 Å². The van der Waals surface area contributed by atoms with Crippen molar-refractivity contribution < 1.29 is 14.6 Å². The molecule has 1 aromatic heterocycles. The maximum Gasteiger partial charge on any atom is 0.262 e. The van der Waals surface area contributed by atoms with Crippen LogP contribution in [-0.4, -0.2) is 37.4 Å². The first-order valence-corrected chi connectivity index (χ1v) is 7.45. The highest BCUT2D eigenvalue weighted by Crippen LogP contribution is 2.34. The van der Waals surface area contributed by atoms with E-state index in [1.165, 1.54) is 18.4 Å². The highest BCUT2D eigenvalue weighted by molar-refractivity contribution is 7.21. The fourth-order valence-corrected chi connectivity index (χ4v) is 3.30. The molecular weight excluding hydrogens is 298 g/mol. The third-order valence-electron chi connectivity index (χ3n) is 2.86. The van der Waals surface area contributed by atoms with Gasteiger partial charge in [0.2, 0.25) is 0 Å². The fraction of sp³-hybridized carbons (Fsp3) is 0.357. The number of methoxy groups -OCH3 is 1. The first-order chi connectivity index (χ1) is 9.63. The van der Waals surface area contributed by atoms with Crippen molar-refractivity contribution in [2.75, 3.05) is 20.3 Å². The van der Waals surface area contributed by atoms with E-state index in [2.05, 4.69) is 5.32 Å². The lowest BCUT2D eigenvalue weighted by atomic mass is 10.2. The molecular formula is C14H16ClNO3S. The number of fused-ring (bicyclic) bond motifs is 1. The summed E-state index contributed by atoms with van der Waals surface area (Å²) < 4.78 is 5.81. The second-order valence-corrected chi connectivity index (χ2v) is 5.83. The number of amides is 1. The molecule has 1 heterocycles. The molecule has 0 saturated carbocycles. The number of nitrogens with one attached hydrogen (secondary N) is 1. The number of hydrogen-bond acceptors (Lipinski definition) is 4. The monoisotopic (exact) mass is 313 g/mol. The van der Waals surface area contributed by atoms with Crippen molar-refractivity contribution in [2.24, 2.45) is 0 Å². The second kappa shape index (κ2) is 7.04. The Morgan fingerprint density at radius 2 is 2.25 bits per heavy atom. The van der Waals surface area contributed by atoms with E-state index in [1.807, 2.05) is 24.3 Å². The minimum atomic E-state index is -0.571. The zero-order valence-electron chi connectivity index (χ0n) is 11.1. The maximum atomic E-state index is 12.1. The molecule has 6 heteroatoms.